The molecule has 37 heavy (non-hydrogen) atoms. The second kappa shape index (κ2) is 16.6. The summed E-state index contributed by atoms with van der Waals surface area (Å²) in [5.74, 6) is -0.881. The maximum absolute atomic E-state index is 12.8. The summed E-state index contributed by atoms with van der Waals surface area (Å²) in [6.07, 6.45) is 11.9. The smallest absolute Gasteiger partial charge is 0.335 e. The van der Waals surface area contributed by atoms with E-state index >= 15 is 0 Å². The lowest BCUT2D eigenvalue weighted by molar-refractivity contribution is -0.159. The first kappa shape index (κ1) is 31.0. The van der Waals surface area contributed by atoms with Gasteiger partial charge in [0.25, 0.3) is 0 Å². The summed E-state index contributed by atoms with van der Waals surface area (Å²) in [5.41, 5.74) is -0.0926. The number of aliphatic hydroxyl groups is 2. The van der Waals surface area contributed by atoms with Crippen LogP contribution in [-0.2, 0) is 28.6 Å². The second-order valence-electron chi connectivity index (χ2n) is 10.7. The monoisotopic (exact) mass is 522 g/mol. The van der Waals surface area contributed by atoms with Gasteiger partial charge < -0.3 is 24.4 Å². The molecule has 0 radical (unpaired) electrons. The number of esters is 3. The number of aliphatic hydroxyl groups excluding tert-OH is 2. The summed E-state index contributed by atoms with van der Waals surface area (Å²) in [6.45, 7) is 8.19. The first-order valence-corrected chi connectivity index (χ1v) is 13.9. The average molecular weight is 523 g/mol. The van der Waals surface area contributed by atoms with Crippen LogP contribution in [0.25, 0.3) is 0 Å². The fourth-order valence-electron chi connectivity index (χ4n) is 5.33. The molecule has 0 saturated heterocycles. The average Bonchev–Trinajstić information content (AvgIpc) is 2.92. The lowest BCUT2D eigenvalue weighted by Crippen LogP contribution is -2.34. The predicted molar refractivity (Wildman–Crippen MR) is 139 cm³/mol. The highest BCUT2D eigenvalue weighted by Gasteiger charge is 2.33. The maximum Gasteiger partial charge on any atom is 0.335 e. The van der Waals surface area contributed by atoms with Crippen LogP contribution in [0.4, 0.5) is 0 Å². The Labute approximate surface area is 221 Å². The Bertz CT molecular complexity index is 728. The van der Waals surface area contributed by atoms with Gasteiger partial charge >= 0.3 is 17.9 Å². The van der Waals surface area contributed by atoms with Crippen LogP contribution in [0.1, 0.15) is 84.0 Å². The van der Waals surface area contributed by atoms with E-state index in [1.165, 1.54) is 25.7 Å². The zero-order chi connectivity index (χ0) is 27.2. The molecule has 0 aromatic heterocycles. The van der Waals surface area contributed by atoms with Gasteiger partial charge in [0.05, 0.1) is 43.5 Å². The molecule has 2 aliphatic rings. The van der Waals surface area contributed by atoms with Crippen molar-refractivity contribution in [3.8, 4) is 0 Å². The molecule has 0 atom stereocenters. The van der Waals surface area contributed by atoms with Crippen LogP contribution in [0.5, 0.6) is 0 Å². The minimum Gasteiger partial charge on any atom is -0.462 e. The van der Waals surface area contributed by atoms with Gasteiger partial charge in [-0.1, -0.05) is 45.8 Å². The zero-order valence-electron chi connectivity index (χ0n) is 22.5. The third-order valence-corrected chi connectivity index (χ3v) is 7.88. The van der Waals surface area contributed by atoms with Crippen LogP contribution < -0.4 is 0 Å². The molecule has 2 saturated carbocycles. The van der Waals surface area contributed by atoms with Gasteiger partial charge in [-0.25, -0.2) is 9.59 Å². The Morgan fingerprint density at radius 2 is 1.35 bits per heavy atom. The molecule has 2 rings (SSSR count). The molecule has 0 aromatic rings. The number of hydrogen-bond acceptors (Lipinski definition) is 8. The van der Waals surface area contributed by atoms with E-state index in [4.69, 9.17) is 24.4 Å². The standard InChI is InChI=1S/C29H46O8/c1-4-5-6-7-22-8-10-24(11-9-22)29(34)37-26-14-12-23(13-15-26)25(18-35-27(32)20(2)16-30)19-36-28(33)21(3)17-31/h22-26,30-31H,2-19H2,1H3. The molecule has 8 heteroatoms. The Hall–Kier alpha value is -2.19. The van der Waals surface area contributed by atoms with Gasteiger partial charge in [0.1, 0.15) is 6.10 Å². The molecular weight excluding hydrogens is 476 g/mol. The molecule has 0 bridgehead atoms. The minimum absolute atomic E-state index is 0.00553. The van der Waals surface area contributed by atoms with Crippen LogP contribution in [-0.4, -0.2) is 60.7 Å². The largest absolute Gasteiger partial charge is 0.462 e. The van der Waals surface area contributed by atoms with Crippen molar-refractivity contribution in [2.45, 2.75) is 90.1 Å². The summed E-state index contributed by atoms with van der Waals surface area (Å²) in [5, 5.41) is 18.2. The molecule has 0 aliphatic heterocycles. The van der Waals surface area contributed by atoms with Gasteiger partial charge in [-0.05, 0) is 63.2 Å². The number of carbonyl (C=O) groups is 3. The number of hydrogen-bond donors (Lipinski definition) is 2. The van der Waals surface area contributed by atoms with Crippen LogP contribution in [0.15, 0.2) is 24.3 Å². The second-order valence-corrected chi connectivity index (χ2v) is 10.7. The Balaban J connectivity index is 1.82. The first-order chi connectivity index (χ1) is 17.8. The predicted octanol–water partition coefficient (Wildman–Crippen LogP) is 4.27. The summed E-state index contributed by atoms with van der Waals surface area (Å²) in [4.78, 5) is 36.7. The Morgan fingerprint density at radius 1 is 0.811 bits per heavy atom. The van der Waals surface area contributed by atoms with Crippen molar-refractivity contribution in [2.24, 2.45) is 23.7 Å². The zero-order valence-corrected chi connectivity index (χ0v) is 22.5. The summed E-state index contributed by atoms with van der Waals surface area (Å²) in [6, 6.07) is 0. The van der Waals surface area contributed by atoms with Gasteiger partial charge in [0.15, 0.2) is 0 Å². The van der Waals surface area contributed by atoms with Crippen molar-refractivity contribution < 1.29 is 38.8 Å². The fraction of sp³-hybridized carbons (Fsp3) is 0.759. The lowest BCUT2D eigenvalue weighted by Gasteiger charge is -2.34. The van der Waals surface area contributed by atoms with Crippen molar-refractivity contribution in [2.75, 3.05) is 26.4 Å². The van der Waals surface area contributed by atoms with E-state index in [1.807, 2.05) is 0 Å². The van der Waals surface area contributed by atoms with Gasteiger partial charge in [0, 0.05) is 5.92 Å². The highest BCUT2D eigenvalue weighted by molar-refractivity contribution is 5.88. The molecule has 0 amide bonds. The van der Waals surface area contributed by atoms with E-state index in [-0.39, 0.29) is 54.2 Å². The molecule has 2 fully saturated rings. The van der Waals surface area contributed by atoms with Crippen molar-refractivity contribution in [3.63, 3.8) is 0 Å². The van der Waals surface area contributed by atoms with E-state index in [9.17, 15) is 14.4 Å². The van der Waals surface area contributed by atoms with E-state index in [1.54, 1.807) is 0 Å². The molecule has 2 aliphatic carbocycles. The molecular formula is C29H46O8. The van der Waals surface area contributed by atoms with E-state index < -0.39 is 25.2 Å². The van der Waals surface area contributed by atoms with Gasteiger partial charge in [-0.3, -0.25) is 4.79 Å². The Morgan fingerprint density at radius 3 is 1.84 bits per heavy atom. The summed E-state index contributed by atoms with van der Waals surface area (Å²) >= 11 is 0. The van der Waals surface area contributed by atoms with Crippen LogP contribution in [0, 0.1) is 23.7 Å². The van der Waals surface area contributed by atoms with Gasteiger partial charge in [-0.15, -0.1) is 0 Å². The number of unbranched alkanes of at least 4 members (excludes halogenated alkanes) is 2. The first-order valence-electron chi connectivity index (χ1n) is 13.9. The van der Waals surface area contributed by atoms with Gasteiger partial charge in [-0.2, -0.15) is 0 Å². The SMILES string of the molecule is C=C(CO)C(=O)OCC(COC(=O)C(=C)CO)C1CCC(OC(=O)C2CCC(CCCCC)CC2)CC1. The van der Waals surface area contributed by atoms with Crippen molar-refractivity contribution in [3.05, 3.63) is 24.3 Å². The summed E-state index contributed by atoms with van der Waals surface area (Å²) in [7, 11) is 0. The van der Waals surface area contributed by atoms with Crippen LogP contribution in [0.3, 0.4) is 0 Å². The van der Waals surface area contributed by atoms with E-state index in [0.717, 1.165) is 44.4 Å². The highest BCUT2D eigenvalue weighted by Crippen LogP contribution is 2.36. The molecule has 0 spiro atoms. The third-order valence-electron chi connectivity index (χ3n) is 7.88. The van der Waals surface area contributed by atoms with E-state index in [2.05, 4.69) is 20.1 Å². The lowest BCUT2D eigenvalue weighted by atomic mass is 9.78. The van der Waals surface area contributed by atoms with Crippen LogP contribution >= 0.6 is 0 Å². The molecule has 210 valence electrons. The van der Waals surface area contributed by atoms with Crippen LogP contribution in [0.2, 0.25) is 0 Å². The number of ether oxygens (including phenoxy) is 3. The molecule has 2 N–H and O–H groups in total. The third kappa shape index (κ3) is 10.6. The molecule has 0 unspecified atom stereocenters. The fourth-order valence-corrected chi connectivity index (χ4v) is 5.33. The number of rotatable bonds is 15. The summed E-state index contributed by atoms with van der Waals surface area (Å²) < 4.78 is 16.5. The maximum atomic E-state index is 12.8. The minimum atomic E-state index is -0.693. The Kier molecular flexibility index (Phi) is 13.9. The topological polar surface area (TPSA) is 119 Å². The quantitative estimate of drug-likeness (QED) is 0.142. The molecule has 8 nitrogen and oxygen atoms in total. The van der Waals surface area contributed by atoms with Crippen molar-refractivity contribution in [1.29, 1.82) is 0 Å². The normalized spacial score (nSPS) is 23.8. The van der Waals surface area contributed by atoms with Gasteiger partial charge in [0.2, 0.25) is 0 Å². The molecule has 0 heterocycles. The van der Waals surface area contributed by atoms with Crippen molar-refractivity contribution >= 4 is 17.9 Å². The van der Waals surface area contributed by atoms with E-state index in [0.29, 0.717) is 12.8 Å². The van der Waals surface area contributed by atoms with Crippen molar-refractivity contribution in [1.82, 2.24) is 0 Å². The molecule has 0 aromatic carbocycles. The number of carbonyl (C=O) groups excluding carboxylic acids is 3. The highest BCUT2D eigenvalue weighted by atomic mass is 16.6.